The lowest BCUT2D eigenvalue weighted by Crippen LogP contribution is -2.48. The summed E-state index contributed by atoms with van der Waals surface area (Å²) in [6.45, 7) is 8.70. The van der Waals surface area contributed by atoms with Crippen LogP contribution in [0, 0.1) is 6.92 Å². The molecule has 8 heteroatoms. The number of fused-ring (bicyclic) bond motifs is 1. The van der Waals surface area contributed by atoms with E-state index in [2.05, 4.69) is 9.80 Å². The molecule has 2 aliphatic heterocycles. The summed E-state index contributed by atoms with van der Waals surface area (Å²) < 4.78 is 0. The van der Waals surface area contributed by atoms with E-state index in [4.69, 9.17) is 0 Å². The summed E-state index contributed by atoms with van der Waals surface area (Å²) in [6, 6.07) is 16.7. The van der Waals surface area contributed by atoms with Gasteiger partial charge in [0.2, 0.25) is 0 Å². The minimum Gasteiger partial charge on any atom is -0.305 e. The molecule has 8 nitrogen and oxygen atoms in total. The number of rotatable bonds is 11. The summed E-state index contributed by atoms with van der Waals surface area (Å²) >= 11 is 0. The van der Waals surface area contributed by atoms with Gasteiger partial charge in [-0.15, -0.1) is 0 Å². The predicted octanol–water partition coefficient (Wildman–Crippen LogP) is 4.86. The third-order valence-electron chi connectivity index (χ3n) is 8.71. The zero-order valence-corrected chi connectivity index (χ0v) is 25.7. The van der Waals surface area contributed by atoms with Crippen molar-refractivity contribution in [2.45, 2.75) is 39.7 Å². The van der Waals surface area contributed by atoms with Crippen molar-refractivity contribution in [3.63, 3.8) is 0 Å². The molecule has 0 bridgehead atoms. The SMILES string of the molecule is CC/C=C1/C(=O)N(CCN(C)CCCN(C)C(C)CN2C(=O)c3cccc4cccc(c34)C2=O)C(=O)c2cccc(C)c21. The van der Waals surface area contributed by atoms with Crippen molar-refractivity contribution in [3.8, 4) is 0 Å². The largest absolute Gasteiger partial charge is 0.305 e. The third-order valence-corrected chi connectivity index (χ3v) is 8.71. The predicted molar refractivity (Wildman–Crippen MR) is 169 cm³/mol. The van der Waals surface area contributed by atoms with Gasteiger partial charge in [-0.05, 0) is 83.0 Å². The molecule has 224 valence electrons. The van der Waals surface area contributed by atoms with E-state index >= 15 is 0 Å². The normalized spacial score (nSPS) is 16.7. The Morgan fingerprint density at radius 1 is 0.767 bits per heavy atom. The summed E-state index contributed by atoms with van der Waals surface area (Å²) in [5.74, 6) is -0.951. The molecule has 0 radical (unpaired) electrons. The van der Waals surface area contributed by atoms with Gasteiger partial charge in [-0.25, -0.2) is 0 Å². The van der Waals surface area contributed by atoms with Crippen LogP contribution in [0.3, 0.4) is 0 Å². The van der Waals surface area contributed by atoms with Crippen molar-refractivity contribution in [1.82, 2.24) is 19.6 Å². The average molecular weight is 581 g/mol. The molecular weight excluding hydrogens is 540 g/mol. The van der Waals surface area contributed by atoms with Gasteiger partial charge in [-0.2, -0.15) is 0 Å². The molecule has 0 saturated carbocycles. The van der Waals surface area contributed by atoms with Crippen LogP contribution in [0.2, 0.25) is 0 Å². The molecule has 0 N–H and O–H groups in total. The van der Waals surface area contributed by atoms with E-state index in [-0.39, 0.29) is 29.7 Å². The molecule has 0 fully saturated rings. The van der Waals surface area contributed by atoms with E-state index in [1.165, 1.54) is 9.80 Å². The molecule has 2 aliphatic rings. The van der Waals surface area contributed by atoms with Crippen LogP contribution in [-0.2, 0) is 4.79 Å². The van der Waals surface area contributed by atoms with Crippen molar-refractivity contribution in [3.05, 3.63) is 88.5 Å². The number of amides is 4. The number of likely N-dealkylation sites (N-methyl/N-ethyl adjacent to an activating group) is 2. The molecule has 3 aromatic rings. The smallest absolute Gasteiger partial charge is 0.261 e. The maximum Gasteiger partial charge on any atom is 0.261 e. The highest BCUT2D eigenvalue weighted by molar-refractivity contribution is 6.31. The van der Waals surface area contributed by atoms with Crippen molar-refractivity contribution >= 4 is 40.0 Å². The Labute approximate surface area is 253 Å². The molecular formula is C35H40N4O4. The van der Waals surface area contributed by atoms with Gasteiger partial charge in [0.15, 0.2) is 0 Å². The van der Waals surface area contributed by atoms with Crippen LogP contribution < -0.4 is 0 Å². The summed E-state index contributed by atoms with van der Waals surface area (Å²) in [6.07, 6.45) is 3.48. The second-order valence-electron chi connectivity index (χ2n) is 11.7. The van der Waals surface area contributed by atoms with Crippen LogP contribution in [0.4, 0.5) is 0 Å². The number of hydrogen-bond acceptors (Lipinski definition) is 6. The van der Waals surface area contributed by atoms with Crippen LogP contribution >= 0.6 is 0 Å². The zero-order valence-electron chi connectivity index (χ0n) is 25.7. The standard InChI is InChI=1S/C35H40N4O4/c1-6-11-26-30-23(2)12-7-15-27(30)33(41)38(32(26)40)21-20-36(4)18-10-19-37(5)24(3)22-39-34(42)28-16-8-13-25-14-9-17-29(31(25)28)35(39)43/h7-9,11-17,24H,6,10,18-22H2,1-5H3/b26-11+. The maximum atomic E-state index is 13.3. The van der Waals surface area contributed by atoms with E-state index in [0.29, 0.717) is 48.3 Å². The summed E-state index contributed by atoms with van der Waals surface area (Å²) in [4.78, 5) is 60.2. The number of imide groups is 2. The molecule has 5 rings (SSSR count). The second kappa shape index (κ2) is 12.6. The topological polar surface area (TPSA) is 81.2 Å². The molecule has 2 heterocycles. The minimum atomic E-state index is -0.245. The molecule has 4 amide bonds. The Morgan fingerprint density at radius 3 is 2.02 bits per heavy atom. The first-order valence-corrected chi connectivity index (χ1v) is 15.1. The highest BCUT2D eigenvalue weighted by Crippen LogP contribution is 2.32. The van der Waals surface area contributed by atoms with E-state index < -0.39 is 0 Å². The van der Waals surface area contributed by atoms with Crippen LogP contribution in [0.5, 0.6) is 0 Å². The molecule has 1 unspecified atom stereocenters. The first-order chi connectivity index (χ1) is 20.6. The molecule has 0 spiro atoms. The fourth-order valence-electron chi connectivity index (χ4n) is 6.13. The van der Waals surface area contributed by atoms with Gasteiger partial charge in [0.25, 0.3) is 23.6 Å². The lowest BCUT2D eigenvalue weighted by atomic mass is 9.89. The van der Waals surface area contributed by atoms with Crippen molar-refractivity contribution in [2.75, 3.05) is 46.8 Å². The van der Waals surface area contributed by atoms with Gasteiger partial charge in [-0.1, -0.05) is 49.4 Å². The fourth-order valence-corrected chi connectivity index (χ4v) is 6.13. The molecule has 43 heavy (non-hydrogen) atoms. The van der Waals surface area contributed by atoms with E-state index in [0.717, 1.165) is 41.4 Å². The molecule has 0 saturated heterocycles. The lowest BCUT2D eigenvalue weighted by Gasteiger charge is -2.33. The maximum absolute atomic E-state index is 13.3. The quantitative estimate of drug-likeness (QED) is 0.238. The highest BCUT2D eigenvalue weighted by Gasteiger charge is 2.36. The summed E-state index contributed by atoms with van der Waals surface area (Å²) in [5, 5.41) is 1.64. The highest BCUT2D eigenvalue weighted by atomic mass is 16.2. The van der Waals surface area contributed by atoms with Gasteiger partial charge in [0, 0.05) is 58.9 Å². The van der Waals surface area contributed by atoms with Crippen LogP contribution in [-0.4, -0.2) is 96.1 Å². The lowest BCUT2D eigenvalue weighted by molar-refractivity contribution is -0.123. The molecule has 0 aromatic heterocycles. The third kappa shape index (κ3) is 5.77. The molecule has 1 atom stereocenters. The monoisotopic (exact) mass is 580 g/mol. The Kier molecular flexibility index (Phi) is 8.89. The van der Waals surface area contributed by atoms with Gasteiger partial charge in [0.05, 0.1) is 0 Å². The number of carbonyl (C=O) groups is 4. The number of allylic oxidation sites excluding steroid dienone is 1. The van der Waals surface area contributed by atoms with Crippen LogP contribution in [0.1, 0.15) is 68.9 Å². The number of aryl methyl sites for hydroxylation is 1. The Balaban J connectivity index is 1.13. The van der Waals surface area contributed by atoms with Crippen molar-refractivity contribution in [2.24, 2.45) is 0 Å². The average Bonchev–Trinajstić information content (AvgIpc) is 2.99. The number of carbonyl (C=O) groups excluding carboxylic acids is 4. The van der Waals surface area contributed by atoms with E-state index in [9.17, 15) is 19.2 Å². The molecule has 0 aliphatic carbocycles. The Hall–Kier alpha value is -4.14. The van der Waals surface area contributed by atoms with Crippen molar-refractivity contribution < 1.29 is 19.2 Å². The first kappa shape index (κ1) is 30.3. The summed E-state index contributed by atoms with van der Waals surface area (Å²) in [5.41, 5.74) is 4.04. The number of hydrogen-bond donors (Lipinski definition) is 0. The summed E-state index contributed by atoms with van der Waals surface area (Å²) in [7, 11) is 4.00. The van der Waals surface area contributed by atoms with Gasteiger partial charge < -0.3 is 9.80 Å². The second-order valence-corrected chi connectivity index (χ2v) is 11.7. The minimum absolute atomic E-state index is 0.0291. The van der Waals surface area contributed by atoms with E-state index in [1.54, 1.807) is 18.2 Å². The number of nitrogens with zero attached hydrogens (tertiary/aromatic N) is 4. The Bertz CT molecular complexity index is 1580. The Morgan fingerprint density at radius 2 is 1.37 bits per heavy atom. The van der Waals surface area contributed by atoms with Crippen LogP contribution in [0.15, 0.2) is 60.7 Å². The van der Waals surface area contributed by atoms with Gasteiger partial charge in [-0.3, -0.25) is 29.0 Å². The van der Waals surface area contributed by atoms with E-state index in [1.807, 2.05) is 77.3 Å². The fraction of sp³-hybridized carbons (Fsp3) is 0.371. The zero-order chi connectivity index (χ0) is 30.8. The number of benzene rings is 3. The van der Waals surface area contributed by atoms with Crippen molar-refractivity contribution in [1.29, 1.82) is 0 Å². The molecule has 3 aromatic carbocycles. The van der Waals surface area contributed by atoms with Gasteiger partial charge >= 0.3 is 0 Å². The van der Waals surface area contributed by atoms with Crippen LogP contribution in [0.25, 0.3) is 16.3 Å². The first-order valence-electron chi connectivity index (χ1n) is 15.1. The van der Waals surface area contributed by atoms with Gasteiger partial charge in [0.1, 0.15) is 0 Å².